The van der Waals surface area contributed by atoms with Gasteiger partial charge >= 0.3 is 0 Å². The van der Waals surface area contributed by atoms with Crippen molar-refractivity contribution in [1.82, 2.24) is 4.90 Å². The highest BCUT2D eigenvalue weighted by Crippen LogP contribution is 2.37. The molecule has 160 valence electrons. The van der Waals surface area contributed by atoms with Gasteiger partial charge in [-0.25, -0.2) is 0 Å². The molecular formula is C23H28N2O5. The standard InChI is InChI=1S/C23H28N2O5/c1-17(26)24-19-6-4-7-21(13-19)28-16-20(27)14-25-11-9-23(10-12-25)29-15-18-5-2-3-8-22(18)30-23/h2-8,13,20,27H,9-12,14-16H2,1H3,(H,24,26). The lowest BCUT2D eigenvalue weighted by Crippen LogP contribution is -2.52. The molecule has 1 fully saturated rings. The van der Waals surface area contributed by atoms with Gasteiger partial charge in [-0.1, -0.05) is 24.3 Å². The second-order valence-electron chi connectivity index (χ2n) is 7.88. The van der Waals surface area contributed by atoms with Gasteiger partial charge in [0.1, 0.15) is 24.2 Å². The maximum Gasteiger partial charge on any atom is 0.221 e. The van der Waals surface area contributed by atoms with Crippen molar-refractivity contribution in [3.05, 3.63) is 54.1 Å². The third-order valence-corrected chi connectivity index (χ3v) is 5.44. The molecule has 1 saturated heterocycles. The molecule has 1 spiro atoms. The Morgan fingerprint density at radius 2 is 2.03 bits per heavy atom. The molecule has 0 saturated carbocycles. The zero-order valence-electron chi connectivity index (χ0n) is 17.2. The molecule has 0 radical (unpaired) electrons. The largest absolute Gasteiger partial charge is 0.491 e. The first-order chi connectivity index (χ1) is 14.5. The van der Waals surface area contributed by atoms with Gasteiger partial charge in [0.2, 0.25) is 11.7 Å². The number of carbonyl (C=O) groups is 1. The highest BCUT2D eigenvalue weighted by atomic mass is 16.7. The fraction of sp³-hybridized carbons (Fsp3) is 0.435. The lowest BCUT2D eigenvalue weighted by atomic mass is 10.0. The number of benzene rings is 2. The van der Waals surface area contributed by atoms with Crippen LogP contribution in [0.3, 0.4) is 0 Å². The van der Waals surface area contributed by atoms with Crippen LogP contribution in [0.2, 0.25) is 0 Å². The van der Waals surface area contributed by atoms with Crippen LogP contribution in [0.5, 0.6) is 11.5 Å². The number of likely N-dealkylation sites (tertiary alicyclic amines) is 1. The number of nitrogens with one attached hydrogen (secondary N) is 1. The number of anilines is 1. The maximum atomic E-state index is 11.2. The van der Waals surface area contributed by atoms with E-state index in [0.29, 0.717) is 24.6 Å². The number of hydrogen-bond donors (Lipinski definition) is 2. The summed E-state index contributed by atoms with van der Waals surface area (Å²) >= 11 is 0. The molecule has 0 aromatic heterocycles. The monoisotopic (exact) mass is 412 g/mol. The number of β-amino-alcohol motifs (C(OH)–C–C–N with tert-alkyl or cyclic N) is 1. The fourth-order valence-corrected chi connectivity index (χ4v) is 3.89. The number of ether oxygens (including phenoxy) is 3. The number of carbonyl (C=O) groups excluding carboxylic acids is 1. The Labute approximate surface area is 176 Å². The van der Waals surface area contributed by atoms with E-state index in [9.17, 15) is 9.90 Å². The van der Waals surface area contributed by atoms with Crippen molar-refractivity contribution in [2.75, 3.05) is 31.6 Å². The quantitative estimate of drug-likeness (QED) is 0.760. The molecule has 2 aromatic carbocycles. The van der Waals surface area contributed by atoms with E-state index in [-0.39, 0.29) is 12.5 Å². The molecule has 0 bridgehead atoms. The molecule has 4 rings (SSSR count). The van der Waals surface area contributed by atoms with Crippen molar-refractivity contribution in [3.63, 3.8) is 0 Å². The summed E-state index contributed by atoms with van der Waals surface area (Å²) in [6, 6.07) is 15.1. The number of nitrogens with zero attached hydrogens (tertiary/aromatic N) is 1. The predicted octanol–water partition coefficient (Wildman–Crippen LogP) is 2.79. The molecule has 7 nitrogen and oxygen atoms in total. The molecule has 2 aliphatic heterocycles. The summed E-state index contributed by atoms with van der Waals surface area (Å²) < 4.78 is 18.0. The van der Waals surface area contributed by atoms with E-state index >= 15 is 0 Å². The Balaban J connectivity index is 1.23. The number of amides is 1. The molecule has 1 atom stereocenters. The van der Waals surface area contributed by atoms with Crippen molar-refractivity contribution < 1.29 is 24.1 Å². The molecule has 1 amide bonds. The van der Waals surface area contributed by atoms with Gasteiger partial charge in [0.15, 0.2) is 0 Å². The van der Waals surface area contributed by atoms with Gasteiger partial charge in [-0.2, -0.15) is 0 Å². The van der Waals surface area contributed by atoms with E-state index in [1.807, 2.05) is 24.3 Å². The Morgan fingerprint density at radius 3 is 2.83 bits per heavy atom. The number of rotatable bonds is 6. The highest BCUT2D eigenvalue weighted by Gasteiger charge is 2.41. The molecule has 7 heteroatoms. The third kappa shape index (κ3) is 5.11. The zero-order chi connectivity index (χ0) is 21.0. The number of para-hydroxylation sites is 1. The topological polar surface area (TPSA) is 80.3 Å². The Bertz CT molecular complexity index is 879. The normalized spacial score (nSPS) is 18.9. The average Bonchev–Trinajstić information content (AvgIpc) is 2.74. The van der Waals surface area contributed by atoms with Crippen molar-refractivity contribution in [3.8, 4) is 11.5 Å². The first-order valence-electron chi connectivity index (χ1n) is 10.3. The van der Waals surface area contributed by atoms with Crippen molar-refractivity contribution in [1.29, 1.82) is 0 Å². The van der Waals surface area contributed by atoms with Gasteiger partial charge in [-0.3, -0.25) is 4.79 Å². The third-order valence-electron chi connectivity index (χ3n) is 5.44. The molecule has 0 aliphatic carbocycles. The van der Waals surface area contributed by atoms with Crippen LogP contribution in [0, 0.1) is 0 Å². The van der Waals surface area contributed by atoms with Gasteiger partial charge in [-0.15, -0.1) is 0 Å². The highest BCUT2D eigenvalue weighted by molar-refractivity contribution is 5.88. The number of piperidine rings is 1. The predicted molar refractivity (Wildman–Crippen MR) is 113 cm³/mol. The van der Waals surface area contributed by atoms with Gasteiger partial charge in [0, 0.05) is 56.7 Å². The summed E-state index contributed by atoms with van der Waals surface area (Å²) in [6.45, 7) is 4.32. The summed E-state index contributed by atoms with van der Waals surface area (Å²) in [7, 11) is 0. The number of fused-ring (bicyclic) bond motifs is 1. The first-order valence-corrected chi connectivity index (χ1v) is 10.3. The van der Waals surface area contributed by atoms with E-state index < -0.39 is 11.9 Å². The molecule has 1 unspecified atom stereocenters. The lowest BCUT2D eigenvalue weighted by Gasteiger charge is -2.44. The van der Waals surface area contributed by atoms with Crippen LogP contribution in [0.4, 0.5) is 5.69 Å². The van der Waals surface area contributed by atoms with Crippen molar-refractivity contribution in [2.24, 2.45) is 0 Å². The van der Waals surface area contributed by atoms with Crippen LogP contribution in [0.1, 0.15) is 25.3 Å². The van der Waals surface area contributed by atoms with Gasteiger partial charge < -0.3 is 29.5 Å². The van der Waals surface area contributed by atoms with Crippen LogP contribution in [-0.4, -0.2) is 54.0 Å². The van der Waals surface area contributed by atoms with Crippen LogP contribution >= 0.6 is 0 Å². The average molecular weight is 412 g/mol. The SMILES string of the molecule is CC(=O)Nc1cccc(OCC(O)CN2CCC3(CC2)OCc2ccccc2O3)c1. The van der Waals surface area contributed by atoms with Crippen LogP contribution in [0.15, 0.2) is 48.5 Å². The zero-order valence-corrected chi connectivity index (χ0v) is 17.2. The minimum absolute atomic E-state index is 0.135. The summed E-state index contributed by atoms with van der Waals surface area (Å²) in [4.78, 5) is 13.4. The van der Waals surface area contributed by atoms with E-state index in [2.05, 4.69) is 10.2 Å². The number of hydrogen-bond acceptors (Lipinski definition) is 6. The Hall–Kier alpha value is -2.61. The van der Waals surface area contributed by atoms with E-state index in [4.69, 9.17) is 14.2 Å². The van der Waals surface area contributed by atoms with Crippen LogP contribution in [-0.2, 0) is 16.1 Å². The maximum absolute atomic E-state index is 11.2. The van der Waals surface area contributed by atoms with Gasteiger partial charge in [0.25, 0.3) is 0 Å². The first kappa shape index (κ1) is 20.7. The van der Waals surface area contributed by atoms with Gasteiger partial charge in [0.05, 0.1) is 6.61 Å². The van der Waals surface area contributed by atoms with Crippen LogP contribution < -0.4 is 14.8 Å². The Kier molecular flexibility index (Phi) is 6.22. The fourth-order valence-electron chi connectivity index (χ4n) is 3.89. The molecule has 2 N–H and O–H groups in total. The molecule has 2 aliphatic rings. The number of aliphatic hydroxyl groups excluding tert-OH is 1. The molecule has 30 heavy (non-hydrogen) atoms. The Morgan fingerprint density at radius 1 is 1.23 bits per heavy atom. The minimum atomic E-state index is -0.614. The smallest absolute Gasteiger partial charge is 0.221 e. The molecule has 2 aromatic rings. The minimum Gasteiger partial charge on any atom is -0.491 e. The van der Waals surface area contributed by atoms with Gasteiger partial charge in [-0.05, 0) is 18.2 Å². The van der Waals surface area contributed by atoms with E-state index in [1.165, 1.54) is 6.92 Å². The summed E-state index contributed by atoms with van der Waals surface area (Å²) in [5, 5.41) is 13.1. The second kappa shape index (κ2) is 9.04. The van der Waals surface area contributed by atoms with Crippen LogP contribution in [0.25, 0.3) is 0 Å². The summed E-state index contributed by atoms with van der Waals surface area (Å²) in [6.07, 6.45) is 0.902. The van der Waals surface area contributed by atoms with Crippen molar-refractivity contribution in [2.45, 2.75) is 38.3 Å². The van der Waals surface area contributed by atoms with E-state index in [0.717, 1.165) is 37.2 Å². The van der Waals surface area contributed by atoms with E-state index in [1.54, 1.807) is 24.3 Å². The molecule has 2 heterocycles. The second-order valence-corrected chi connectivity index (χ2v) is 7.88. The lowest BCUT2D eigenvalue weighted by molar-refractivity contribution is -0.229. The number of aliphatic hydroxyl groups is 1. The van der Waals surface area contributed by atoms with Crippen molar-refractivity contribution >= 4 is 11.6 Å². The molecular weight excluding hydrogens is 384 g/mol. The summed E-state index contributed by atoms with van der Waals surface area (Å²) in [5.41, 5.74) is 1.76. The summed E-state index contributed by atoms with van der Waals surface area (Å²) in [5.74, 6) is 0.827.